The fourth-order valence-corrected chi connectivity index (χ4v) is 12.6. The van der Waals surface area contributed by atoms with Gasteiger partial charge in [0.25, 0.3) is 0 Å². The highest BCUT2D eigenvalue weighted by atomic mass is 15.1. The summed E-state index contributed by atoms with van der Waals surface area (Å²) in [6.07, 6.45) is 0. The van der Waals surface area contributed by atoms with E-state index in [2.05, 4.69) is 267 Å². The summed E-state index contributed by atoms with van der Waals surface area (Å²) in [6, 6.07) is 93.0. The van der Waals surface area contributed by atoms with Gasteiger partial charge >= 0.3 is 0 Å². The lowest BCUT2D eigenvalue weighted by Gasteiger charge is -2.32. The van der Waals surface area contributed by atoms with E-state index in [9.17, 15) is 0 Å². The zero-order valence-electron chi connectivity index (χ0n) is 38.6. The summed E-state index contributed by atoms with van der Waals surface area (Å²) in [5.74, 6) is 0. The highest BCUT2D eigenvalue weighted by Gasteiger charge is 2.51. The van der Waals surface area contributed by atoms with Gasteiger partial charge in [-0.15, -0.1) is 0 Å². The van der Waals surface area contributed by atoms with E-state index in [0.717, 1.165) is 17.1 Å². The van der Waals surface area contributed by atoms with Crippen LogP contribution < -0.4 is 4.90 Å². The van der Waals surface area contributed by atoms with Crippen molar-refractivity contribution in [2.75, 3.05) is 4.90 Å². The van der Waals surface area contributed by atoms with Gasteiger partial charge in [0.2, 0.25) is 0 Å². The third kappa shape index (κ3) is 5.71. The number of benzene rings is 11. The minimum atomic E-state index is -0.441. The second-order valence-corrected chi connectivity index (χ2v) is 19.6. The Hall–Kier alpha value is -8.52. The summed E-state index contributed by atoms with van der Waals surface area (Å²) in [7, 11) is 0. The van der Waals surface area contributed by atoms with E-state index in [0.29, 0.717) is 0 Å². The molecule has 1 spiro atoms. The molecule has 0 saturated heterocycles. The van der Waals surface area contributed by atoms with Crippen LogP contribution in [-0.2, 0) is 10.8 Å². The Balaban J connectivity index is 0.936. The summed E-state index contributed by atoms with van der Waals surface area (Å²) < 4.78 is 0. The standard InChI is InChI=1S/C68H47N/c1-67(2)60-24-12-8-20-54(60)58-40-33-48(42-64(58)67)66-52-19-7-6-18-46(52)32-39-53(66)47-30-36-50(37-31-47)69(49-34-28-45(29-35-49)44-16-4-3-5-17-44)51-38-41-59-57-23-11-15-27-63(57)68(65(59)43-51)61-25-13-9-21-55(61)56-22-10-14-26-62(56)68/h3-43H,1-2H3. The lowest BCUT2D eigenvalue weighted by molar-refractivity contribution is 0.660. The first kappa shape index (κ1) is 39.6. The summed E-state index contributed by atoms with van der Waals surface area (Å²) in [5.41, 5.74) is 26.2. The van der Waals surface area contributed by atoms with Gasteiger partial charge in [-0.05, 0) is 153 Å². The number of hydrogen-bond acceptors (Lipinski definition) is 1. The number of anilines is 3. The topological polar surface area (TPSA) is 3.24 Å². The number of rotatable bonds is 6. The molecule has 0 heterocycles. The molecule has 1 heteroatoms. The molecule has 0 fully saturated rings. The van der Waals surface area contributed by atoms with Crippen LogP contribution in [0.3, 0.4) is 0 Å². The lowest BCUT2D eigenvalue weighted by Crippen LogP contribution is -2.26. The zero-order valence-corrected chi connectivity index (χ0v) is 38.6. The van der Waals surface area contributed by atoms with Gasteiger partial charge in [0.15, 0.2) is 0 Å². The van der Waals surface area contributed by atoms with Gasteiger partial charge in [0, 0.05) is 22.5 Å². The molecule has 1 nitrogen and oxygen atoms in total. The molecule has 3 aliphatic rings. The van der Waals surface area contributed by atoms with E-state index >= 15 is 0 Å². The predicted octanol–water partition coefficient (Wildman–Crippen LogP) is 18.0. The minimum absolute atomic E-state index is 0.0956. The molecule has 0 saturated carbocycles. The Kier molecular flexibility index (Phi) is 8.61. The number of fused-ring (bicyclic) bond motifs is 14. The van der Waals surface area contributed by atoms with Crippen molar-refractivity contribution in [3.05, 3.63) is 282 Å². The molecule has 0 amide bonds. The third-order valence-electron chi connectivity index (χ3n) is 15.7. The Morgan fingerprint density at radius 1 is 0.275 bits per heavy atom. The average Bonchev–Trinajstić information content (AvgIpc) is 3.97. The third-order valence-corrected chi connectivity index (χ3v) is 15.7. The van der Waals surface area contributed by atoms with Gasteiger partial charge in [0.05, 0.1) is 5.41 Å². The second kappa shape index (κ2) is 15.0. The quantitative estimate of drug-likeness (QED) is 0.161. The molecule has 11 aromatic rings. The van der Waals surface area contributed by atoms with Crippen LogP contribution in [-0.4, -0.2) is 0 Å². The van der Waals surface area contributed by atoms with Crippen molar-refractivity contribution < 1.29 is 0 Å². The normalized spacial score (nSPS) is 13.9. The predicted molar refractivity (Wildman–Crippen MR) is 289 cm³/mol. The second-order valence-electron chi connectivity index (χ2n) is 19.6. The van der Waals surface area contributed by atoms with Crippen molar-refractivity contribution in [1.29, 1.82) is 0 Å². The molecule has 69 heavy (non-hydrogen) atoms. The molecule has 0 atom stereocenters. The molecule has 0 aliphatic heterocycles. The molecule has 0 unspecified atom stereocenters. The first-order valence-corrected chi connectivity index (χ1v) is 24.2. The van der Waals surface area contributed by atoms with Crippen molar-refractivity contribution in [1.82, 2.24) is 0 Å². The molecule has 3 aliphatic carbocycles. The van der Waals surface area contributed by atoms with Crippen molar-refractivity contribution in [2.24, 2.45) is 0 Å². The van der Waals surface area contributed by atoms with E-state index in [4.69, 9.17) is 0 Å². The summed E-state index contributed by atoms with van der Waals surface area (Å²) in [4.78, 5) is 2.45. The van der Waals surface area contributed by atoms with Gasteiger partial charge in [0.1, 0.15) is 0 Å². The van der Waals surface area contributed by atoms with Crippen molar-refractivity contribution in [3.63, 3.8) is 0 Å². The Labute approximate surface area is 404 Å². The van der Waals surface area contributed by atoms with E-state index < -0.39 is 5.41 Å². The van der Waals surface area contributed by atoms with E-state index in [-0.39, 0.29) is 5.41 Å². The molecular formula is C68H47N. The van der Waals surface area contributed by atoms with E-state index in [1.807, 2.05) is 0 Å². The van der Waals surface area contributed by atoms with Crippen LogP contribution in [0.25, 0.3) is 77.5 Å². The van der Waals surface area contributed by atoms with Gasteiger partial charge in [-0.25, -0.2) is 0 Å². The van der Waals surface area contributed by atoms with Gasteiger partial charge < -0.3 is 4.90 Å². The maximum absolute atomic E-state index is 2.49. The van der Waals surface area contributed by atoms with Crippen molar-refractivity contribution >= 4 is 27.8 Å². The van der Waals surface area contributed by atoms with E-state index in [1.165, 1.54) is 111 Å². The van der Waals surface area contributed by atoms with Crippen LogP contribution >= 0.6 is 0 Å². The molecule has 11 aromatic carbocycles. The smallest absolute Gasteiger partial charge is 0.0726 e. The Bertz CT molecular complexity index is 3790. The first-order chi connectivity index (χ1) is 34.0. The fraction of sp³-hybridized carbons (Fsp3) is 0.0588. The van der Waals surface area contributed by atoms with Gasteiger partial charge in [-0.3, -0.25) is 0 Å². The molecule has 324 valence electrons. The first-order valence-electron chi connectivity index (χ1n) is 24.2. The van der Waals surface area contributed by atoms with Gasteiger partial charge in [-0.1, -0.05) is 220 Å². The van der Waals surface area contributed by atoms with E-state index in [1.54, 1.807) is 0 Å². The highest BCUT2D eigenvalue weighted by molar-refractivity contribution is 6.05. The Morgan fingerprint density at radius 3 is 1.35 bits per heavy atom. The summed E-state index contributed by atoms with van der Waals surface area (Å²) in [5, 5.41) is 2.50. The van der Waals surface area contributed by atoms with Crippen LogP contribution in [0.2, 0.25) is 0 Å². The van der Waals surface area contributed by atoms with Crippen LogP contribution in [0.1, 0.15) is 47.2 Å². The Morgan fingerprint density at radius 2 is 0.710 bits per heavy atom. The van der Waals surface area contributed by atoms with Crippen molar-refractivity contribution in [2.45, 2.75) is 24.7 Å². The molecule has 0 N–H and O–H groups in total. The van der Waals surface area contributed by atoms with Crippen LogP contribution in [0.15, 0.2) is 249 Å². The minimum Gasteiger partial charge on any atom is -0.310 e. The van der Waals surface area contributed by atoms with Gasteiger partial charge in [-0.2, -0.15) is 0 Å². The number of hydrogen-bond donors (Lipinski definition) is 0. The highest BCUT2D eigenvalue weighted by Crippen LogP contribution is 2.63. The largest absolute Gasteiger partial charge is 0.310 e. The molecule has 0 radical (unpaired) electrons. The van der Waals surface area contributed by atoms with Crippen molar-refractivity contribution in [3.8, 4) is 66.8 Å². The summed E-state index contributed by atoms with van der Waals surface area (Å²) in [6.45, 7) is 4.74. The van der Waals surface area contributed by atoms with Crippen LogP contribution in [0.5, 0.6) is 0 Å². The maximum Gasteiger partial charge on any atom is 0.0726 e. The SMILES string of the molecule is CC1(C)c2ccccc2-c2ccc(-c3c(-c4ccc(N(c5ccc(-c6ccccc6)cc5)c5ccc6c(c5)C5(c7ccccc7-c7ccccc75)c5ccccc5-6)cc4)ccc4ccccc34)cc21. The molecule has 14 rings (SSSR count). The lowest BCUT2D eigenvalue weighted by atomic mass is 9.70. The maximum atomic E-state index is 2.49. The summed E-state index contributed by atoms with van der Waals surface area (Å²) >= 11 is 0. The van der Waals surface area contributed by atoms with Crippen LogP contribution in [0.4, 0.5) is 17.1 Å². The fourth-order valence-electron chi connectivity index (χ4n) is 12.6. The molecular weight excluding hydrogens is 831 g/mol. The monoisotopic (exact) mass is 877 g/mol. The molecule has 0 bridgehead atoms. The average molecular weight is 878 g/mol. The molecule has 0 aromatic heterocycles. The zero-order chi connectivity index (χ0) is 45.8. The van der Waals surface area contributed by atoms with Crippen LogP contribution in [0, 0.1) is 0 Å². The number of nitrogens with zero attached hydrogens (tertiary/aromatic N) is 1.